The Balaban J connectivity index is 1.23. The largest absolute Gasteiger partial charge is 0.347 e. The van der Waals surface area contributed by atoms with Gasteiger partial charge in [-0.15, -0.1) is 10.2 Å². The predicted octanol–water partition coefficient (Wildman–Crippen LogP) is 2.81. The molecule has 4 rings (SSSR count). The number of hydrogen-bond acceptors (Lipinski definition) is 5. The van der Waals surface area contributed by atoms with E-state index < -0.39 is 0 Å². The van der Waals surface area contributed by atoms with Crippen LogP contribution < -0.4 is 5.32 Å². The zero-order valence-electron chi connectivity index (χ0n) is 16.3. The minimum absolute atomic E-state index is 0.217. The molecule has 148 valence electrons. The number of aromatic amines is 1. The van der Waals surface area contributed by atoms with Gasteiger partial charge in [0.2, 0.25) is 0 Å². The van der Waals surface area contributed by atoms with E-state index >= 15 is 0 Å². The summed E-state index contributed by atoms with van der Waals surface area (Å²) in [6.07, 6.45) is 6.36. The molecule has 8 heteroatoms. The second-order valence-electron chi connectivity index (χ2n) is 7.06. The number of unbranched alkanes of at least 4 members (excludes halogenated alkanes) is 1. The Hall–Kier alpha value is -3.55. The second-order valence-corrected chi connectivity index (χ2v) is 7.06. The highest BCUT2D eigenvalue weighted by molar-refractivity contribution is 5.91. The van der Waals surface area contributed by atoms with Crippen molar-refractivity contribution in [2.75, 3.05) is 0 Å². The number of amides is 1. The van der Waals surface area contributed by atoms with E-state index in [4.69, 9.17) is 0 Å². The lowest BCUT2D eigenvalue weighted by atomic mass is 10.1. The number of nitrogens with zero attached hydrogens (tertiary/aromatic N) is 5. The van der Waals surface area contributed by atoms with Crippen LogP contribution in [0.5, 0.6) is 0 Å². The molecule has 0 radical (unpaired) electrons. The van der Waals surface area contributed by atoms with E-state index in [1.807, 2.05) is 36.5 Å². The summed E-state index contributed by atoms with van der Waals surface area (Å²) in [7, 11) is 0. The summed E-state index contributed by atoms with van der Waals surface area (Å²) in [4.78, 5) is 15.3. The molecular formula is C21H23N7O. The molecule has 2 N–H and O–H groups in total. The number of hydrogen-bond donors (Lipinski definition) is 2. The van der Waals surface area contributed by atoms with E-state index in [0.717, 1.165) is 41.6 Å². The fourth-order valence-electron chi connectivity index (χ4n) is 3.18. The average molecular weight is 389 g/mol. The van der Waals surface area contributed by atoms with Crippen LogP contribution in [0.1, 0.15) is 40.2 Å². The summed E-state index contributed by atoms with van der Waals surface area (Å²) in [5.74, 6) is -0.217. The van der Waals surface area contributed by atoms with Crippen LogP contribution >= 0.6 is 0 Å². The van der Waals surface area contributed by atoms with Gasteiger partial charge in [0.15, 0.2) is 11.3 Å². The lowest BCUT2D eigenvalue weighted by molar-refractivity contribution is 0.0946. The van der Waals surface area contributed by atoms with Crippen molar-refractivity contribution in [1.29, 1.82) is 0 Å². The van der Waals surface area contributed by atoms with Crippen molar-refractivity contribution in [3.05, 3.63) is 71.3 Å². The molecule has 0 aliphatic rings. The number of nitrogens with one attached hydrogen (secondary N) is 2. The predicted molar refractivity (Wildman–Crippen MR) is 109 cm³/mol. The zero-order chi connectivity index (χ0) is 20.1. The number of fused-ring (bicyclic) bond motifs is 1. The van der Waals surface area contributed by atoms with Gasteiger partial charge in [0, 0.05) is 24.7 Å². The first-order valence-corrected chi connectivity index (χ1v) is 9.71. The molecular weight excluding hydrogens is 366 g/mol. The average Bonchev–Trinajstić information content (AvgIpc) is 3.37. The minimum Gasteiger partial charge on any atom is -0.347 e. The van der Waals surface area contributed by atoms with Gasteiger partial charge >= 0.3 is 0 Å². The number of rotatable bonds is 8. The van der Waals surface area contributed by atoms with Crippen molar-refractivity contribution < 1.29 is 4.79 Å². The number of aryl methyl sites for hydroxylation is 3. The van der Waals surface area contributed by atoms with Gasteiger partial charge in [-0.25, -0.2) is 0 Å². The number of carbonyl (C=O) groups excluding carboxylic acids is 1. The van der Waals surface area contributed by atoms with E-state index in [0.29, 0.717) is 18.8 Å². The quantitative estimate of drug-likeness (QED) is 0.451. The molecule has 3 heterocycles. The first-order valence-electron chi connectivity index (χ1n) is 9.71. The van der Waals surface area contributed by atoms with Crippen molar-refractivity contribution in [2.24, 2.45) is 0 Å². The Morgan fingerprint density at radius 3 is 2.86 bits per heavy atom. The Bertz CT molecular complexity index is 1100. The van der Waals surface area contributed by atoms with E-state index in [9.17, 15) is 4.79 Å². The van der Waals surface area contributed by atoms with E-state index in [1.165, 1.54) is 5.56 Å². The first-order chi connectivity index (χ1) is 14.2. The summed E-state index contributed by atoms with van der Waals surface area (Å²) >= 11 is 0. The van der Waals surface area contributed by atoms with Gasteiger partial charge in [-0.2, -0.15) is 5.10 Å². The van der Waals surface area contributed by atoms with Crippen LogP contribution in [0, 0.1) is 6.92 Å². The maximum Gasteiger partial charge on any atom is 0.273 e. The molecule has 0 bridgehead atoms. The third-order valence-electron chi connectivity index (χ3n) is 4.83. The van der Waals surface area contributed by atoms with Gasteiger partial charge in [-0.05, 0) is 43.4 Å². The molecule has 1 amide bonds. The topological polar surface area (TPSA) is 101 Å². The van der Waals surface area contributed by atoms with Crippen molar-refractivity contribution in [3.63, 3.8) is 0 Å². The maximum absolute atomic E-state index is 12.2. The summed E-state index contributed by atoms with van der Waals surface area (Å²) in [5, 5.41) is 20.5. The summed E-state index contributed by atoms with van der Waals surface area (Å²) in [5.41, 5.74) is 4.37. The maximum atomic E-state index is 12.2. The van der Waals surface area contributed by atoms with Crippen LogP contribution in [0.4, 0.5) is 0 Å². The molecule has 0 unspecified atom stereocenters. The Morgan fingerprint density at radius 1 is 1.14 bits per heavy atom. The number of benzene rings is 1. The molecule has 8 nitrogen and oxygen atoms in total. The summed E-state index contributed by atoms with van der Waals surface area (Å²) in [6.45, 7) is 3.24. The van der Waals surface area contributed by atoms with Crippen molar-refractivity contribution >= 4 is 16.9 Å². The smallest absolute Gasteiger partial charge is 0.273 e. The van der Waals surface area contributed by atoms with Crippen LogP contribution in [0.15, 0.2) is 48.8 Å². The monoisotopic (exact) mass is 389 g/mol. The lowest BCUT2D eigenvalue weighted by Gasteiger charge is -2.03. The van der Waals surface area contributed by atoms with E-state index in [1.54, 1.807) is 10.9 Å². The third kappa shape index (κ3) is 4.66. The Labute approximate surface area is 168 Å². The third-order valence-corrected chi connectivity index (χ3v) is 4.83. The molecule has 0 aliphatic carbocycles. The number of carbonyl (C=O) groups is 1. The van der Waals surface area contributed by atoms with Gasteiger partial charge in [-0.3, -0.25) is 9.48 Å². The van der Waals surface area contributed by atoms with Gasteiger partial charge in [0.1, 0.15) is 0 Å². The molecule has 0 spiro atoms. The van der Waals surface area contributed by atoms with Gasteiger partial charge < -0.3 is 10.3 Å². The Kier molecular flexibility index (Phi) is 5.60. The highest BCUT2D eigenvalue weighted by atomic mass is 16.2. The van der Waals surface area contributed by atoms with Crippen LogP contribution in [-0.4, -0.2) is 36.1 Å². The van der Waals surface area contributed by atoms with Crippen molar-refractivity contribution in [3.8, 4) is 0 Å². The van der Waals surface area contributed by atoms with E-state index in [2.05, 4.69) is 43.8 Å². The van der Waals surface area contributed by atoms with Crippen LogP contribution in [0.3, 0.4) is 0 Å². The highest BCUT2D eigenvalue weighted by Gasteiger charge is 2.10. The van der Waals surface area contributed by atoms with Crippen LogP contribution in [0.2, 0.25) is 0 Å². The fourth-order valence-corrected chi connectivity index (χ4v) is 3.18. The van der Waals surface area contributed by atoms with E-state index in [-0.39, 0.29) is 5.91 Å². The SMILES string of the molecule is Cc1c[nH]c2nnc(CCCCn3cc(C(=O)NCc4ccccc4)nn3)cc12. The summed E-state index contributed by atoms with van der Waals surface area (Å²) in [6, 6.07) is 11.9. The molecule has 0 atom stereocenters. The zero-order valence-corrected chi connectivity index (χ0v) is 16.3. The highest BCUT2D eigenvalue weighted by Crippen LogP contribution is 2.16. The minimum atomic E-state index is -0.217. The normalized spacial score (nSPS) is 11.1. The molecule has 0 saturated heterocycles. The Morgan fingerprint density at radius 2 is 2.00 bits per heavy atom. The molecule has 0 aliphatic heterocycles. The molecule has 0 fully saturated rings. The molecule has 0 saturated carbocycles. The fraction of sp³-hybridized carbons (Fsp3) is 0.286. The van der Waals surface area contributed by atoms with Gasteiger partial charge in [0.25, 0.3) is 5.91 Å². The van der Waals surface area contributed by atoms with Gasteiger partial charge in [-0.1, -0.05) is 35.5 Å². The molecule has 4 aromatic rings. The number of aromatic nitrogens is 6. The molecule has 29 heavy (non-hydrogen) atoms. The first kappa shape index (κ1) is 18.8. The van der Waals surface area contributed by atoms with Crippen molar-refractivity contribution in [1.82, 2.24) is 35.5 Å². The lowest BCUT2D eigenvalue weighted by Crippen LogP contribution is -2.23. The van der Waals surface area contributed by atoms with Crippen LogP contribution in [-0.2, 0) is 19.5 Å². The molecule has 1 aromatic carbocycles. The standard InChI is InChI=1S/C21H23N7O/c1-15-12-22-20-18(15)11-17(24-26-20)9-5-6-10-28-14-19(25-27-28)21(29)23-13-16-7-3-2-4-8-16/h2-4,7-8,11-12,14H,5-6,9-10,13H2,1H3,(H,22,26)(H,23,29). The van der Waals surface area contributed by atoms with Crippen LogP contribution in [0.25, 0.3) is 11.0 Å². The summed E-state index contributed by atoms with van der Waals surface area (Å²) < 4.78 is 1.71. The van der Waals surface area contributed by atoms with Gasteiger partial charge in [0.05, 0.1) is 11.9 Å². The second kappa shape index (κ2) is 8.64. The van der Waals surface area contributed by atoms with Crippen molar-refractivity contribution in [2.45, 2.75) is 39.3 Å². The molecule has 3 aromatic heterocycles. The number of H-pyrrole nitrogens is 1.